The van der Waals surface area contributed by atoms with Gasteiger partial charge in [0.25, 0.3) is 0 Å². The van der Waals surface area contributed by atoms with E-state index in [1.165, 1.54) is 5.76 Å². The normalized spacial score (nSPS) is 25.3. The van der Waals surface area contributed by atoms with E-state index in [-0.39, 0.29) is 5.60 Å². The highest BCUT2D eigenvalue weighted by Gasteiger charge is 2.49. The first-order valence-corrected chi connectivity index (χ1v) is 6.04. The first kappa shape index (κ1) is 11.0. The molecule has 1 fully saturated rings. The van der Waals surface area contributed by atoms with Crippen LogP contribution in [0, 0.1) is 11.8 Å². The quantitative estimate of drug-likeness (QED) is 0.693. The molecule has 1 saturated heterocycles. The largest absolute Gasteiger partial charge is 0.488 e. The minimum absolute atomic E-state index is 0.147. The molecule has 1 spiro atoms. The predicted molar refractivity (Wildman–Crippen MR) is 62.6 cm³/mol. The van der Waals surface area contributed by atoms with E-state index in [0.29, 0.717) is 11.8 Å². The molecule has 2 aliphatic rings. The maximum absolute atomic E-state index is 6.23. The van der Waals surface area contributed by atoms with E-state index in [9.17, 15) is 0 Å². The Balaban J connectivity index is 2.14. The highest BCUT2D eigenvalue weighted by Crippen LogP contribution is 2.44. The molecule has 0 bridgehead atoms. The topological polar surface area (TPSA) is 12.5 Å². The van der Waals surface area contributed by atoms with Crippen LogP contribution in [0.3, 0.4) is 0 Å². The lowest BCUT2D eigenvalue weighted by Crippen LogP contribution is -2.60. The molecule has 2 heterocycles. The van der Waals surface area contributed by atoms with Gasteiger partial charge in [0.05, 0.1) is 5.76 Å². The Labute approximate surface area is 93.3 Å². The Morgan fingerprint density at radius 2 is 1.73 bits per heavy atom. The van der Waals surface area contributed by atoms with E-state index >= 15 is 0 Å². The fraction of sp³-hybridized carbons (Fsp3) is 0.846. The fourth-order valence-corrected chi connectivity index (χ4v) is 2.86. The van der Waals surface area contributed by atoms with E-state index in [0.717, 1.165) is 19.5 Å². The zero-order valence-corrected chi connectivity index (χ0v) is 10.6. The van der Waals surface area contributed by atoms with Gasteiger partial charge in [0, 0.05) is 25.4 Å². The number of rotatable bonds is 2. The van der Waals surface area contributed by atoms with Crippen LogP contribution in [0.4, 0.5) is 0 Å². The second-order valence-electron chi connectivity index (χ2n) is 5.83. The van der Waals surface area contributed by atoms with Crippen molar-refractivity contribution in [2.24, 2.45) is 11.8 Å². The molecule has 0 aliphatic carbocycles. The highest BCUT2D eigenvalue weighted by atomic mass is 16.5. The maximum atomic E-state index is 6.23. The minimum atomic E-state index is 0.147. The van der Waals surface area contributed by atoms with Crippen LogP contribution in [0.25, 0.3) is 0 Å². The van der Waals surface area contributed by atoms with Crippen molar-refractivity contribution >= 4 is 0 Å². The van der Waals surface area contributed by atoms with Gasteiger partial charge in [-0.3, -0.25) is 4.90 Å². The molecule has 0 aromatic rings. The molecule has 0 saturated carbocycles. The van der Waals surface area contributed by atoms with Gasteiger partial charge in [-0.1, -0.05) is 27.7 Å². The molecule has 2 aliphatic heterocycles. The highest BCUT2D eigenvalue weighted by molar-refractivity contribution is 5.25. The molecule has 0 N–H and O–H groups in total. The van der Waals surface area contributed by atoms with Crippen molar-refractivity contribution in [3.63, 3.8) is 0 Å². The number of allylic oxidation sites excluding steroid dienone is 1. The van der Waals surface area contributed by atoms with Crippen molar-refractivity contribution in [1.82, 2.24) is 4.90 Å². The summed E-state index contributed by atoms with van der Waals surface area (Å²) in [6.45, 7) is 11.2. The zero-order chi connectivity index (χ0) is 11.2. The number of hydrogen-bond acceptors (Lipinski definition) is 2. The number of likely N-dealkylation sites (tertiary alicyclic amines) is 1. The van der Waals surface area contributed by atoms with E-state index < -0.39 is 0 Å². The summed E-state index contributed by atoms with van der Waals surface area (Å²) in [7, 11) is 2.16. The summed E-state index contributed by atoms with van der Waals surface area (Å²) in [6, 6.07) is 0. The summed E-state index contributed by atoms with van der Waals surface area (Å²) in [5, 5.41) is 0. The average Bonchev–Trinajstić information content (AvgIpc) is 2.44. The summed E-state index contributed by atoms with van der Waals surface area (Å²) < 4.78 is 6.23. The molecule has 2 rings (SSSR count). The van der Waals surface area contributed by atoms with Crippen molar-refractivity contribution < 1.29 is 4.74 Å². The second-order valence-corrected chi connectivity index (χ2v) is 5.83. The predicted octanol–water partition coefficient (Wildman–Crippen LogP) is 2.66. The third kappa shape index (κ3) is 1.80. The molecule has 2 heteroatoms. The molecule has 0 unspecified atom stereocenters. The molecule has 86 valence electrons. The summed E-state index contributed by atoms with van der Waals surface area (Å²) in [5.74, 6) is 2.44. The Kier molecular flexibility index (Phi) is 2.58. The van der Waals surface area contributed by atoms with Crippen molar-refractivity contribution in [2.75, 3.05) is 20.1 Å². The van der Waals surface area contributed by atoms with E-state index in [1.54, 1.807) is 5.57 Å². The second kappa shape index (κ2) is 3.51. The van der Waals surface area contributed by atoms with Gasteiger partial charge in [-0.25, -0.2) is 0 Å². The van der Waals surface area contributed by atoms with Crippen LogP contribution in [0.2, 0.25) is 0 Å². The van der Waals surface area contributed by atoms with Gasteiger partial charge in [0.1, 0.15) is 5.60 Å². The molecular formula is C13H23NO. The fourth-order valence-electron chi connectivity index (χ4n) is 2.86. The van der Waals surface area contributed by atoms with Crippen molar-refractivity contribution in [3.8, 4) is 0 Å². The van der Waals surface area contributed by atoms with Gasteiger partial charge < -0.3 is 4.74 Å². The third-order valence-corrected chi connectivity index (χ3v) is 3.49. The Morgan fingerprint density at radius 1 is 1.13 bits per heavy atom. The van der Waals surface area contributed by atoms with Crippen LogP contribution in [-0.4, -0.2) is 30.6 Å². The van der Waals surface area contributed by atoms with Gasteiger partial charge in [-0.2, -0.15) is 0 Å². The van der Waals surface area contributed by atoms with Crippen molar-refractivity contribution in [1.29, 1.82) is 0 Å². The standard InChI is InChI=1S/C13H23NO/c1-9(2)11-6-13(7-14(5)8-13)15-12(11)10(3)4/h9-10H,6-8H2,1-5H3. The summed E-state index contributed by atoms with van der Waals surface area (Å²) in [5.41, 5.74) is 1.70. The summed E-state index contributed by atoms with van der Waals surface area (Å²) >= 11 is 0. The average molecular weight is 209 g/mol. The van der Waals surface area contributed by atoms with Gasteiger partial charge in [-0.05, 0) is 18.5 Å². The zero-order valence-electron chi connectivity index (χ0n) is 10.6. The lowest BCUT2D eigenvalue weighted by atomic mass is 9.85. The Morgan fingerprint density at radius 3 is 2.07 bits per heavy atom. The Hall–Kier alpha value is -0.500. The van der Waals surface area contributed by atoms with Crippen LogP contribution in [0.1, 0.15) is 34.1 Å². The molecule has 0 atom stereocenters. The molecule has 0 aromatic carbocycles. The van der Waals surface area contributed by atoms with Crippen molar-refractivity contribution in [2.45, 2.75) is 39.7 Å². The molecule has 0 radical (unpaired) electrons. The molecule has 2 nitrogen and oxygen atoms in total. The van der Waals surface area contributed by atoms with Crippen LogP contribution in [0.15, 0.2) is 11.3 Å². The van der Waals surface area contributed by atoms with Crippen LogP contribution >= 0.6 is 0 Å². The maximum Gasteiger partial charge on any atom is 0.137 e. The smallest absolute Gasteiger partial charge is 0.137 e. The van der Waals surface area contributed by atoms with Crippen LogP contribution in [-0.2, 0) is 4.74 Å². The summed E-state index contributed by atoms with van der Waals surface area (Å²) in [6.07, 6.45) is 1.16. The lowest BCUT2D eigenvalue weighted by Gasteiger charge is -2.45. The van der Waals surface area contributed by atoms with E-state index in [2.05, 4.69) is 39.6 Å². The number of ether oxygens (including phenoxy) is 1. The number of nitrogens with zero attached hydrogens (tertiary/aromatic N) is 1. The molecule has 15 heavy (non-hydrogen) atoms. The van der Waals surface area contributed by atoms with Crippen LogP contribution < -0.4 is 0 Å². The van der Waals surface area contributed by atoms with Gasteiger partial charge in [-0.15, -0.1) is 0 Å². The molecular weight excluding hydrogens is 186 g/mol. The van der Waals surface area contributed by atoms with Crippen LogP contribution in [0.5, 0.6) is 0 Å². The van der Waals surface area contributed by atoms with E-state index in [1.807, 2.05) is 0 Å². The summed E-state index contributed by atoms with van der Waals surface area (Å²) in [4.78, 5) is 2.33. The number of hydrogen-bond donors (Lipinski definition) is 0. The number of likely N-dealkylation sites (N-methyl/N-ethyl adjacent to an activating group) is 1. The van der Waals surface area contributed by atoms with Gasteiger partial charge in [0.15, 0.2) is 0 Å². The van der Waals surface area contributed by atoms with E-state index in [4.69, 9.17) is 4.74 Å². The first-order valence-electron chi connectivity index (χ1n) is 6.04. The molecule has 0 amide bonds. The third-order valence-electron chi connectivity index (χ3n) is 3.49. The SMILES string of the molecule is CC(C)C1=C(C(C)C)OC2(C1)CN(C)C2. The Bertz CT molecular complexity index is 263. The minimum Gasteiger partial charge on any atom is -0.488 e. The molecule has 0 aromatic heterocycles. The van der Waals surface area contributed by atoms with Gasteiger partial charge >= 0.3 is 0 Å². The van der Waals surface area contributed by atoms with Crippen molar-refractivity contribution in [3.05, 3.63) is 11.3 Å². The monoisotopic (exact) mass is 209 g/mol. The lowest BCUT2D eigenvalue weighted by molar-refractivity contribution is -0.0939. The van der Waals surface area contributed by atoms with Gasteiger partial charge in [0.2, 0.25) is 0 Å². The first-order chi connectivity index (χ1) is 6.93.